The normalized spacial score (nSPS) is 19.2. The molecule has 4 amide bonds. The number of anilines is 2. The summed E-state index contributed by atoms with van der Waals surface area (Å²) in [6.07, 6.45) is 5.10. The third-order valence-corrected chi connectivity index (χ3v) is 10.6. The van der Waals surface area contributed by atoms with Crippen LogP contribution in [0.25, 0.3) is 10.9 Å². The number of aromatic nitrogens is 1. The molecule has 7 rings (SSSR count). The Morgan fingerprint density at radius 1 is 1.00 bits per heavy atom. The quantitative estimate of drug-likeness (QED) is 0.0699. The van der Waals surface area contributed by atoms with Crippen molar-refractivity contribution in [1.29, 1.82) is 0 Å². The molecule has 0 radical (unpaired) electrons. The molecule has 0 spiro atoms. The molecule has 3 unspecified atom stereocenters. The maximum absolute atomic E-state index is 13.7. The van der Waals surface area contributed by atoms with Gasteiger partial charge in [0.2, 0.25) is 11.7 Å². The summed E-state index contributed by atoms with van der Waals surface area (Å²) in [7, 11) is 1.30. The minimum Gasteiger partial charge on any atom is -0.487 e. The second kappa shape index (κ2) is 19.9. The number of imide groups is 1. The summed E-state index contributed by atoms with van der Waals surface area (Å²) < 4.78 is 44.9. The summed E-state index contributed by atoms with van der Waals surface area (Å²) in [5.41, 5.74) is 1.59. The van der Waals surface area contributed by atoms with Gasteiger partial charge in [0.1, 0.15) is 23.9 Å². The van der Waals surface area contributed by atoms with Gasteiger partial charge in [-0.25, -0.2) is 13.6 Å². The van der Waals surface area contributed by atoms with Crippen LogP contribution in [-0.2, 0) is 28.7 Å². The number of piperidine rings is 1. The number of hydrogen-bond acceptors (Lipinski definition) is 13. The first-order chi connectivity index (χ1) is 29.9. The van der Waals surface area contributed by atoms with E-state index in [1.165, 1.54) is 12.1 Å². The first-order valence-electron chi connectivity index (χ1n) is 20.6. The van der Waals surface area contributed by atoms with Crippen LogP contribution in [0.15, 0.2) is 60.7 Å². The topological polar surface area (TPSA) is 193 Å². The van der Waals surface area contributed by atoms with Crippen LogP contribution in [0, 0.1) is 11.6 Å². The minimum atomic E-state index is -2.25. The predicted octanol–water partition coefficient (Wildman–Crippen LogP) is 4.83. The van der Waals surface area contributed by atoms with Crippen LogP contribution in [0.5, 0.6) is 17.2 Å². The summed E-state index contributed by atoms with van der Waals surface area (Å²) in [5.74, 6) is -4.68. The van der Waals surface area contributed by atoms with Gasteiger partial charge >= 0.3 is 0 Å². The zero-order valence-electron chi connectivity index (χ0n) is 34.5. The van der Waals surface area contributed by atoms with Crippen molar-refractivity contribution >= 4 is 45.9 Å². The molecule has 17 nitrogen and oxygen atoms in total. The van der Waals surface area contributed by atoms with Gasteiger partial charge < -0.3 is 44.2 Å². The first kappa shape index (κ1) is 44.2. The van der Waals surface area contributed by atoms with Crippen LogP contribution in [0.3, 0.4) is 0 Å². The van der Waals surface area contributed by atoms with Crippen molar-refractivity contribution in [3.8, 4) is 17.2 Å². The van der Waals surface area contributed by atoms with Gasteiger partial charge in [-0.15, -0.1) is 0 Å². The molecule has 4 aromatic rings. The summed E-state index contributed by atoms with van der Waals surface area (Å²) in [4.78, 5) is 70.9. The number of amides is 4. The van der Waals surface area contributed by atoms with Crippen LogP contribution in [0.1, 0.15) is 68.8 Å². The number of para-hydroxylation sites is 1. The maximum atomic E-state index is 13.7. The lowest BCUT2D eigenvalue weighted by Gasteiger charge is -2.28. The highest BCUT2D eigenvalue weighted by Crippen LogP contribution is 2.43. The largest absolute Gasteiger partial charge is 0.487 e. The van der Waals surface area contributed by atoms with E-state index in [-0.39, 0.29) is 56.0 Å². The fourth-order valence-electron chi connectivity index (χ4n) is 7.26. The first-order valence-corrected chi connectivity index (χ1v) is 20.6. The van der Waals surface area contributed by atoms with Gasteiger partial charge in [0, 0.05) is 54.3 Å². The Balaban J connectivity index is 0.730. The van der Waals surface area contributed by atoms with E-state index < -0.39 is 35.3 Å². The van der Waals surface area contributed by atoms with E-state index in [1.54, 1.807) is 42.5 Å². The number of unbranched alkanes of at least 4 members (excludes halogenated alkanes) is 3. The number of nitrogens with zero attached hydrogens (tertiary/aromatic N) is 3. The van der Waals surface area contributed by atoms with Crippen LogP contribution in [0.4, 0.5) is 20.2 Å². The molecule has 3 atom stereocenters. The smallest absolute Gasteiger partial charge is 0.289 e. The van der Waals surface area contributed by atoms with Crippen molar-refractivity contribution in [3.05, 3.63) is 78.0 Å². The average Bonchev–Trinajstić information content (AvgIpc) is 3.99. The number of aliphatic hydroxyl groups is 1. The van der Waals surface area contributed by atoms with E-state index in [1.807, 2.05) is 6.92 Å². The van der Waals surface area contributed by atoms with Gasteiger partial charge in [0.25, 0.3) is 23.5 Å². The summed E-state index contributed by atoms with van der Waals surface area (Å²) in [6, 6.07) is 14.1. The highest BCUT2D eigenvalue weighted by molar-refractivity contribution is 6.01. The average molecular weight is 865 g/mol. The van der Waals surface area contributed by atoms with Crippen molar-refractivity contribution in [2.45, 2.75) is 76.2 Å². The van der Waals surface area contributed by atoms with E-state index >= 15 is 0 Å². The van der Waals surface area contributed by atoms with Crippen molar-refractivity contribution < 1.29 is 61.8 Å². The van der Waals surface area contributed by atoms with Crippen LogP contribution in [-0.4, -0.2) is 103 Å². The second-order valence-electron chi connectivity index (χ2n) is 15.3. The molecule has 0 aliphatic carbocycles. The summed E-state index contributed by atoms with van der Waals surface area (Å²) in [6.45, 7) is 4.15. The van der Waals surface area contributed by atoms with Crippen LogP contribution < -0.4 is 35.0 Å². The molecule has 2 saturated heterocycles. The third-order valence-electron chi connectivity index (χ3n) is 10.6. The minimum absolute atomic E-state index is 0.0651. The highest BCUT2D eigenvalue weighted by Gasteiger charge is 2.47. The van der Waals surface area contributed by atoms with Crippen molar-refractivity contribution in [2.75, 3.05) is 56.5 Å². The molecule has 0 saturated carbocycles. The number of aromatic amines is 1. The van der Waals surface area contributed by atoms with Crippen molar-refractivity contribution in [2.24, 2.45) is 0 Å². The van der Waals surface area contributed by atoms with E-state index in [9.17, 15) is 33.1 Å². The number of carbonyl (C=O) groups is 4. The molecule has 2 fully saturated rings. The molecule has 3 aliphatic heterocycles. The number of ether oxygens (including phenoxy) is 3. The summed E-state index contributed by atoms with van der Waals surface area (Å²) >= 11 is 0. The van der Waals surface area contributed by atoms with Crippen molar-refractivity contribution in [3.63, 3.8) is 0 Å². The number of rotatable bonds is 20. The zero-order chi connectivity index (χ0) is 43.8. The molecule has 4 heterocycles. The van der Waals surface area contributed by atoms with Gasteiger partial charge in [-0.2, -0.15) is 0 Å². The summed E-state index contributed by atoms with van der Waals surface area (Å²) in [5, 5.41) is 19.5. The molecular weight excluding hydrogens is 814 g/mol. The molecule has 3 aromatic carbocycles. The number of hydrogen-bond donors (Lipinski definition) is 4. The third kappa shape index (κ3) is 10.8. The van der Waals surface area contributed by atoms with Crippen LogP contribution in [0.2, 0.25) is 0 Å². The number of H-pyrrole nitrogens is 1. The predicted molar refractivity (Wildman–Crippen MR) is 219 cm³/mol. The molecule has 62 heavy (non-hydrogen) atoms. The Kier molecular flexibility index (Phi) is 14.2. The Hall–Kier alpha value is -5.86. The second-order valence-corrected chi connectivity index (χ2v) is 15.3. The van der Waals surface area contributed by atoms with Gasteiger partial charge in [0.05, 0.1) is 38.2 Å². The lowest BCUT2D eigenvalue weighted by molar-refractivity contribution is -0.252. The van der Waals surface area contributed by atoms with E-state index in [2.05, 4.69) is 15.6 Å². The van der Waals surface area contributed by atoms with Gasteiger partial charge in [-0.1, -0.05) is 25.3 Å². The molecule has 4 N–H and O–H groups in total. The molecule has 19 heteroatoms. The van der Waals surface area contributed by atoms with E-state index in [0.717, 1.165) is 59.7 Å². The standard InChI is InChI=1S/C43H50F2N6O11/c1-27(58-20-18-57-19-21-59-36-9-7-10-37-39(36)61-51(60-37)35-13-14-38(52)48-41(35)54)8-5-3-4-6-16-46-40(53)34-23-28-22-31(11-12-33(28)47-34)50-17-15-43(56,62-50)42(55)49(2)32-25-29(44)24-30(45)26-32/h7,9-12,22-27,35,47,56H,3-6,8,13-21H2,1-2H3,(H,46,53)(H,48,52,54). The van der Waals surface area contributed by atoms with Gasteiger partial charge in [-0.3, -0.25) is 29.6 Å². The van der Waals surface area contributed by atoms with Crippen LogP contribution >= 0.6 is 0 Å². The molecule has 1 aromatic heterocycles. The number of fused-ring (bicyclic) bond motifs is 2. The highest BCUT2D eigenvalue weighted by atomic mass is 19.1. The Morgan fingerprint density at radius 2 is 1.79 bits per heavy atom. The molecule has 3 aliphatic rings. The number of halogens is 2. The number of hydroxylamine groups is 3. The monoisotopic (exact) mass is 864 g/mol. The maximum Gasteiger partial charge on any atom is 0.289 e. The van der Waals surface area contributed by atoms with E-state index in [4.69, 9.17) is 28.7 Å². The number of benzene rings is 3. The zero-order valence-corrected chi connectivity index (χ0v) is 34.5. The lowest BCUT2D eigenvalue weighted by atomic mass is 10.1. The SMILES string of the molecule is CC(CCCCCCNC(=O)c1cc2cc(N3CCC(O)(C(=O)N(C)c4cc(F)cc(F)c4)O3)ccc2[nH]1)OCCOCCOc1cccc2c1ON(C1CCC(=O)NC1=O)O2. The number of likely N-dealkylation sites (N-methyl/N-ethyl adjacent to an activating group) is 1. The van der Waals surface area contributed by atoms with E-state index in [0.29, 0.717) is 66.6 Å². The molecular formula is C43H50F2N6O11. The lowest BCUT2D eigenvalue weighted by Crippen LogP contribution is -2.53. The van der Waals surface area contributed by atoms with Crippen molar-refractivity contribution in [1.82, 2.24) is 20.8 Å². The Labute approximate surface area is 356 Å². The van der Waals surface area contributed by atoms with Gasteiger partial charge in [0.15, 0.2) is 17.5 Å². The number of carbonyl (C=O) groups excluding carboxylic acids is 4. The molecule has 332 valence electrons. The molecule has 0 bridgehead atoms. The fraction of sp³-hybridized carbons (Fsp3) is 0.442. The Bertz CT molecular complexity index is 2240. The Morgan fingerprint density at radius 3 is 2.60 bits per heavy atom. The van der Waals surface area contributed by atoms with Gasteiger partial charge in [-0.05, 0) is 74.7 Å². The number of nitrogens with one attached hydrogen (secondary N) is 3. The fourth-order valence-corrected chi connectivity index (χ4v) is 7.26.